The number of fused-ring (bicyclic) bond motifs is 1. The van der Waals surface area contributed by atoms with E-state index in [0.29, 0.717) is 6.54 Å². The minimum Gasteiger partial charge on any atom is -0.395 e. The van der Waals surface area contributed by atoms with E-state index in [1.807, 2.05) is 42.5 Å². The third-order valence-electron chi connectivity index (χ3n) is 3.85. The monoisotopic (exact) mass is 333 g/mol. The Labute approximate surface area is 146 Å². The van der Waals surface area contributed by atoms with Crippen LogP contribution in [0.4, 0.5) is 0 Å². The largest absolute Gasteiger partial charge is 0.395 e. The van der Waals surface area contributed by atoms with E-state index in [4.69, 9.17) is 0 Å². The highest BCUT2D eigenvalue weighted by molar-refractivity contribution is 5.95. The smallest absolute Gasteiger partial charge is 0.246 e. The minimum absolute atomic E-state index is 0.0876. The first-order chi connectivity index (χ1) is 12.3. The Kier molecular flexibility index (Phi) is 5.49. The van der Waals surface area contributed by atoms with Gasteiger partial charge in [0.15, 0.2) is 0 Å². The number of nitrogens with zero attached hydrogens (tertiary/aromatic N) is 3. The average molecular weight is 333 g/mol. The van der Waals surface area contributed by atoms with Gasteiger partial charge in [-0.15, -0.1) is 0 Å². The number of aliphatic hydroxyl groups is 1. The van der Waals surface area contributed by atoms with Crippen LogP contribution in [0.3, 0.4) is 0 Å². The number of para-hydroxylation sites is 1. The third-order valence-corrected chi connectivity index (χ3v) is 3.85. The van der Waals surface area contributed by atoms with Gasteiger partial charge in [0.25, 0.3) is 0 Å². The second-order valence-corrected chi connectivity index (χ2v) is 5.60. The van der Waals surface area contributed by atoms with Crippen molar-refractivity contribution < 1.29 is 9.90 Å². The number of rotatable bonds is 6. The summed E-state index contributed by atoms with van der Waals surface area (Å²) in [5, 5.41) is 10.3. The maximum absolute atomic E-state index is 12.5. The van der Waals surface area contributed by atoms with Crippen molar-refractivity contribution in [1.82, 2.24) is 14.9 Å². The van der Waals surface area contributed by atoms with Crippen molar-refractivity contribution in [2.45, 2.75) is 6.54 Å². The lowest BCUT2D eigenvalue weighted by molar-refractivity contribution is -0.127. The van der Waals surface area contributed by atoms with Gasteiger partial charge in [-0.05, 0) is 23.8 Å². The fourth-order valence-electron chi connectivity index (χ4n) is 2.63. The summed E-state index contributed by atoms with van der Waals surface area (Å²) in [5.74, 6) is -0.161. The molecule has 0 bridgehead atoms. The van der Waals surface area contributed by atoms with Crippen LogP contribution in [0.5, 0.6) is 0 Å². The Morgan fingerprint density at radius 1 is 1.12 bits per heavy atom. The van der Waals surface area contributed by atoms with E-state index < -0.39 is 0 Å². The molecule has 0 aliphatic rings. The highest BCUT2D eigenvalue weighted by atomic mass is 16.3. The molecule has 5 nitrogen and oxygen atoms in total. The topological polar surface area (TPSA) is 66.3 Å². The van der Waals surface area contributed by atoms with Gasteiger partial charge in [0, 0.05) is 48.7 Å². The zero-order valence-corrected chi connectivity index (χ0v) is 13.7. The second kappa shape index (κ2) is 8.17. The van der Waals surface area contributed by atoms with Crippen molar-refractivity contribution in [3.05, 3.63) is 78.3 Å². The van der Waals surface area contributed by atoms with Crippen LogP contribution < -0.4 is 0 Å². The van der Waals surface area contributed by atoms with E-state index in [9.17, 15) is 9.90 Å². The normalized spacial score (nSPS) is 11.1. The second-order valence-electron chi connectivity index (χ2n) is 5.60. The van der Waals surface area contributed by atoms with E-state index in [1.165, 1.54) is 6.08 Å². The molecule has 25 heavy (non-hydrogen) atoms. The average Bonchev–Trinajstić information content (AvgIpc) is 2.66. The van der Waals surface area contributed by atoms with E-state index in [2.05, 4.69) is 9.97 Å². The minimum atomic E-state index is -0.161. The van der Waals surface area contributed by atoms with Crippen molar-refractivity contribution in [2.24, 2.45) is 0 Å². The maximum atomic E-state index is 12.5. The van der Waals surface area contributed by atoms with Gasteiger partial charge in [-0.2, -0.15) is 0 Å². The van der Waals surface area contributed by atoms with Gasteiger partial charge in [0.05, 0.1) is 12.1 Å². The fourth-order valence-corrected chi connectivity index (χ4v) is 2.63. The first-order valence-corrected chi connectivity index (χ1v) is 8.08. The van der Waals surface area contributed by atoms with Gasteiger partial charge >= 0.3 is 0 Å². The van der Waals surface area contributed by atoms with Gasteiger partial charge in [-0.3, -0.25) is 14.8 Å². The zero-order valence-electron chi connectivity index (χ0n) is 13.7. The summed E-state index contributed by atoms with van der Waals surface area (Å²) in [4.78, 5) is 22.6. The summed E-state index contributed by atoms with van der Waals surface area (Å²) in [7, 11) is 0. The summed E-state index contributed by atoms with van der Waals surface area (Å²) >= 11 is 0. The molecule has 0 saturated carbocycles. The van der Waals surface area contributed by atoms with Crippen LogP contribution in [0.15, 0.2) is 67.1 Å². The molecule has 2 aromatic heterocycles. The molecule has 1 N–H and O–H groups in total. The van der Waals surface area contributed by atoms with Crippen molar-refractivity contribution in [3.8, 4) is 0 Å². The van der Waals surface area contributed by atoms with Crippen molar-refractivity contribution in [1.29, 1.82) is 0 Å². The first kappa shape index (κ1) is 16.8. The molecule has 1 amide bonds. The summed E-state index contributed by atoms with van der Waals surface area (Å²) in [6.45, 7) is 0.590. The Balaban J connectivity index is 1.79. The molecule has 0 fully saturated rings. The van der Waals surface area contributed by atoms with E-state index in [0.717, 1.165) is 22.0 Å². The molecule has 2 heterocycles. The number of carbonyl (C=O) groups is 1. The van der Waals surface area contributed by atoms with Crippen molar-refractivity contribution in [3.63, 3.8) is 0 Å². The number of aliphatic hydroxyl groups excluding tert-OH is 1. The van der Waals surface area contributed by atoms with Gasteiger partial charge in [-0.25, -0.2) is 0 Å². The zero-order chi connectivity index (χ0) is 17.5. The van der Waals surface area contributed by atoms with Crippen LogP contribution >= 0.6 is 0 Å². The number of hydrogen-bond donors (Lipinski definition) is 1. The highest BCUT2D eigenvalue weighted by Crippen LogP contribution is 2.17. The molecule has 126 valence electrons. The fraction of sp³-hybridized carbons (Fsp3) is 0.150. The predicted molar refractivity (Wildman–Crippen MR) is 97.5 cm³/mol. The number of pyridine rings is 2. The lowest BCUT2D eigenvalue weighted by Gasteiger charge is -2.20. The lowest BCUT2D eigenvalue weighted by Crippen LogP contribution is -2.31. The van der Waals surface area contributed by atoms with Crippen LogP contribution in [-0.4, -0.2) is 39.0 Å². The molecule has 3 rings (SSSR count). The maximum Gasteiger partial charge on any atom is 0.246 e. The number of amides is 1. The van der Waals surface area contributed by atoms with Gasteiger partial charge in [0.2, 0.25) is 5.91 Å². The molecule has 0 unspecified atom stereocenters. The standard InChI is InChI=1S/C20H19N3O2/c24-13-12-23(15-16-4-2-10-21-14-16)19(25)9-8-18-6-1-5-17-7-3-11-22-20(17)18/h1-11,14,24H,12-13,15H2/b9-8+. The molecular weight excluding hydrogens is 314 g/mol. The summed E-state index contributed by atoms with van der Waals surface area (Å²) in [6.07, 6.45) is 8.44. The number of benzene rings is 1. The predicted octanol–water partition coefficient (Wildman–Crippen LogP) is 2.66. The lowest BCUT2D eigenvalue weighted by atomic mass is 10.1. The Morgan fingerprint density at radius 3 is 2.76 bits per heavy atom. The number of aromatic nitrogens is 2. The molecule has 0 radical (unpaired) electrons. The number of hydrogen-bond acceptors (Lipinski definition) is 4. The van der Waals surface area contributed by atoms with Crippen molar-refractivity contribution in [2.75, 3.05) is 13.2 Å². The van der Waals surface area contributed by atoms with Gasteiger partial charge in [0.1, 0.15) is 0 Å². The Hall–Kier alpha value is -3.05. The first-order valence-electron chi connectivity index (χ1n) is 8.08. The van der Waals surface area contributed by atoms with E-state index in [1.54, 1.807) is 29.6 Å². The van der Waals surface area contributed by atoms with Crippen LogP contribution in [0.1, 0.15) is 11.1 Å². The Morgan fingerprint density at radius 2 is 1.96 bits per heavy atom. The molecule has 0 aliphatic carbocycles. The molecule has 0 spiro atoms. The molecule has 0 aliphatic heterocycles. The van der Waals surface area contributed by atoms with Crippen LogP contribution in [0, 0.1) is 0 Å². The Bertz CT molecular complexity index is 873. The van der Waals surface area contributed by atoms with Crippen LogP contribution in [-0.2, 0) is 11.3 Å². The van der Waals surface area contributed by atoms with E-state index >= 15 is 0 Å². The SMILES string of the molecule is O=C(/C=C/c1cccc2cccnc12)N(CCO)Cc1cccnc1. The quantitative estimate of drug-likeness (QED) is 0.704. The molecule has 3 aromatic rings. The van der Waals surface area contributed by atoms with Gasteiger partial charge < -0.3 is 10.0 Å². The van der Waals surface area contributed by atoms with Gasteiger partial charge in [-0.1, -0.05) is 30.3 Å². The third kappa shape index (κ3) is 4.28. The summed E-state index contributed by atoms with van der Waals surface area (Å²) in [6, 6.07) is 13.5. The van der Waals surface area contributed by atoms with Crippen LogP contribution in [0.2, 0.25) is 0 Å². The highest BCUT2D eigenvalue weighted by Gasteiger charge is 2.11. The van der Waals surface area contributed by atoms with Crippen LogP contribution in [0.25, 0.3) is 17.0 Å². The molecular formula is C20H19N3O2. The molecule has 1 aromatic carbocycles. The summed E-state index contributed by atoms with van der Waals surface area (Å²) in [5.41, 5.74) is 2.66. The molecule has 0 saturated heterocycles. The van der Waals surface area contributed by atoms with Crippen molar-refractivity contribution >= 4 is 22.9 Å². The van der Waals surface area contributed by atoms with E-state index in [-0.39, 0.29) is 19.1 Å². The number of carbonyl (C=O) groups excluding carboxylic acids is 1. The molecule has 0 atom stereocenters. The summed E-state index contributed by atoms with van der Waals surface area (Å²) < 4.78 is 0. The molecule has 5 heteroatoms.